The minimum atomic E-state index is -0.225. The van der Waals surface area contributed by atoms with Crippen molar-refractivity contribution in [3.8, 4) is 0 Å². The number of carbonyl (C=O) groups excluding carboxylic acids is 1. The number of nitrogens with zero attached hydrogens (tertiary/aromatic N) is 1. The van der Waals surface area contributed by atoms with Crippen LogP contribution in [0.5, 0.6) is 0 Å². The normalized spacial score (nSPS) is 10.5. The van der Waals surface area contributed by atoms with Gasteiger partial charge in [-0.1, -0.05) is 19.1 Å². The Labute approximate surface area is 121 Å². The maximum atomic E-state index is 12.8. The second-order valence-electron chi connectivity index (χ2n) is 4.55. The summed E-state index contributed by atoms with van der Waals surface area (Å²) in [5, 5.41) is 3.74. The molecule has 1 aromatic heterocycles. The van der Waals surface area contributed by atoms with E-state index < -0.39 is 0 Å². The molecular formula is C15H17FN2OS. The summed E-state index contributed by atoms with van der Waals surface area (Å²) in [4.78, 5) is 16.8. The zero-order chi connectivity index (χ0) is 14.4. The number of halogens is 1. The number of aromatic nitrogens is 1. The van der Waals surface area contributed by atoms with Crippen LogP contribution in [-0.4, -0.2) is 10.9 Å². The summed E-state index contributed by atoms with van der Waals surface area (Å²) in [5.74, 6) is -0.167. The lowest BCUT2D eigenvalue weighted by atomic mass is 10.1. The number of benzene rings is 1. The van der Waals surface area contributed by atoms with Crippen LogP contribution in [0.1, 0.15) is 35.2 Å². The van der Waals surface area contributed by atoms with Gasteiger partial charge in [0.2, 0.25) is 5.91 Å². The molecule has 0 radical (unpaired) electrons. The molecule has 0 unspecified atom stereocenters. The molecule has 5 heteroatoms. The lowest BCUT2D eigenvalue weighted by Crippen LogP contribution is -2.21. The molecule has 0 aliphatic heterocycles. The zero-order valence-electron chi connectivity index (χ0n) is 11.4. The van der Waals surface area contributed by atoms with Crippen LogP contribution in [0, 0.1) is 5.82 Å². The smallest absolute Gasteiger partial charge is 0.220 e. The van der Waals surface area contributed by atoms with Crippen LogP contribution in [0.3, 0.4) is 0 Å². The summed E-state index contributed by atoms with van der Waals surface area (Å²) in [6.07, 6.45) is 3.95. The van der Waals surface area contributed by atoms with E-state index >= 15 is 0 Å². The molecule has 0 spiro atoms. The van der Waals surface area contributed by atoms with Crippen molar-refractivity contribution in [2.75, 3.05) is 0 Å². The standard InChI is InChI=1S/C15H17FN2OS/c1-2-3-14(19)17-10-15-18-9-13(20-15)8-11-4-6-12(16)7-5-11/h4-7,9H,2-3,8,10H2,1H3,(H,17,19). The Kier molecular flexibility index (Phi) is 5.24. The van der Waals surface area contributed by atoms with Crippen LogP contribution in [0.4, 0.5) is 4.39 Å². The van der Waals surface area contributed by atoms with Gasteiger partial charge >= 0.3 is 0 Å². The molecule has 2 aromatic rings. The first-order chi connectivity index (χ1) is 9.67. The summed E-state index contributed by atoms with van der Waals surface area (Å²) in [6, 6.07) is 6.47. The molecule has 0 atom stereocenters. The number of hydrogen-bond acceptors (Lipinski definition) is 3. The second-order valence-corrected chi connectivity index (χ2v) is 5.75. The fourth-order valence-electron chi connectivity index (χ4n) is 1.80. The Morgan fingerprint density at radius 3 is 2.80 bits per heavy atom. The van der Waals surface area contributed by atoms with Crippen molar-refractivity contribution >= 4 is 17.2 Å². The lowest BCUT2D eigenvalue weighted by molar-refractivity contribution is -0.121. The number of nitrogens with one attached hydrogen (secondary N) is 1. The third-order valence-corrected chi connectivity index (χ3v) is 3.80. The molecule has 106 valence electrons. The maximum absolute atomic E-state index is 12.8. The van der Waals surface area contributed by atoms with Crippen molar-refractivity contribution in [2.24, 2.45) is 0 Å². The summed E-state index contributed by atoms with van der Waals surface area (Å²) in [7, 11) is 0. The highest BCUT2D eigenvalue weighted by Gasteiger charge is 2.05. The quantitative estimate of drug-likeness (QED) is 0.887. The third-order valence-electron chi connectivity index (χ3n) is 2.81. The Balaban J connectivity index is 1.88. The van der Waals surface area contributed by atoms with E-state index in [1.807, 2.05) is 13.1 Å². The molecule has 20 heavy (non-hydrogen) atoms. The average Bonchev–Trinajstić information content (AvgIpc) is 2.87. The molecule has 2 rings (SSSR count). The molecule has 0 bridgehead atoms. The number of hydrogen-bond donors (Lipinski definition) is 1. The Morgan fingerprint density at radius 1 is 1.35 bits per heavy atom. The van der Waals surface area contributed by atoms with Crippen LogP contribution in [0.2, 0.25) is 0 Å². The van der Waals surface area contributed by atoms with Gasteiger partial charge in [0.05, 0.1) is 6.54 Å². The van der Waals surface area contributed by atoms with Crippen LogP contribution in [-0.2, 0) is 17.8 Å². The minimum Gasteiger partial charge on any atom is -0.350 e. The summed E-state index contributed by atoms with van der Waals surface area (Å²) in [6.45, 7) is 2.46. The van der Waals surface area contributed by atoms with E-state index in [2.05, 4.69) is 10.3 Å². The largest absolute Gasteiger partial charge is 0.350 e. The van der Waals surface area contributed by atoms with Crippen molar-refractivity contribution < 1.29 is 9.18 Å². The van der Waals surface area contributed by atoms with Gasteiger partial charge in [-0.25, -0.2) is 9.37 Å². The molecule has 1 heterocycles. The SMILES string of the molecule is CCCC(=O)NCc1ncc(Cc2ccc(F)cc2)s1. The predicted octanol–water partition coefficient (Wildman–Crippen LogP) is 3.29. The molecule has 0 fully saturated rings. The van der Waals surface area contributed by atoms with Gasteiger partial charge in [-0.2, -0.15) is 0 Å². The fourth-order valence-corrected chi connectivity index (χ4v) is 2.70. The highest BCUT2D eigenvalue weighted by Crippen LogP contribution is 2.17. The van der Waals surface area contributed by atoms with E-state index in [-0.39, 0.29) is 11.7 Å². The zero-order valence-corrected chi connectivity index (χ0v) is 12.2. The molecule has 0 aliphatic rings. The molecule has 3 nitrogen and oxygen atoms in total. The highest BCUT2D eigenvalue weighted by molar-refractivity contribution is 7.11. The molecule has 0 aliphatic carbocycles. The summed E-state index contributed by atoms with van der Waals surface area (Å²) >= 11 is 1.57. The first kappa shape index (κ1) is 14.7. The molecule has 1 amide bonds. The summed E-state index contributed by atoms with van der Waals surface area (Å²) in [5.41, 5.74) is 1.05. The molecule has 1 aromatic carbocycles. The van der Waals surface area contributed by atoms with Gasteiger partial charge in [-0.3, -0.25) is 4.79 Å². The molecule has 0 saturated carbocycles. The Bertz CT molecular complexity index is 566. The van der Waals surface area contributed by atoms with E-state index in [4.69, 9.17) is 0 Å². The van der Waals surface area contributed by atoms with Crippen LogP contribution in [0.25, 0.3) is 0 Å². The monoisotopic (exact) mass is 292 g/mol. The van der Waals surface area contributed by atoms with E-state index in [0.717, 1.165) is 28.3 Å². The minimum absolute atomic E-state index is 0.0581. The summed E-state index contributed by atoms with van der Waals surface area (Å²) < 4.78 is 12.8. The second kappa shape index (κ2) is 7.14. The highest BCUT2D eigenvalue weighted by atomic mass is 32.1. The fraction of sp³-hybridized carbons (Fsp3) is 0.333. The first-order valence-corrected chi connectivity index (χ1v) is 7.43. The molecule has 1 N–H and O–H groups in total. The molecule has 0 saturated heterocycles. The topological polar surface area (TPSA) is 42.0 Å². The van der Waals surface area contributed by atoms with E-state index in [1.165, 1.54) is 12.1 Å². The molecular weight excluding hydrogens is 275 g/mol. The van der Waals surface area contributed by atoms with Gasteiger partial charge in [0.15, 0.2) is 0 Å². The Morgan fingerprint density at radius 2 is 2.10 bits per heavy atom. The maximum Gasteiger partial charge on any atom is 0.220 e. The lowest BCUT2D eigenvalue weighted by Gasteiger charge is -2.00. The van der Waals surface area contributed by atoms with Crippen molar-refractivity contribution in [1.29, 1.82) is 0 Å². The van der Waals surface area contributed by atoms with Crippen LogP contribution < -0.4 is 5.32 Å². The van der Waals surface area contributed by atoms with Gasteiger partial charge in [-0.05, 0) is 24.1 Å². The number of carbonyl (C=O) groups is 1. The van der Waals surface area contributed by atoms with Gasteiger partial charge in [0.1, 0.15) is 10.8 Å². The van der Waals surface area contributed by atoms with Crippen molar-refractivity contribution in [3.63, 3.8) is 0 Å². The van der Waals surface area contributed by atoms with Crippen molar-refractivity contribution in [1.82, 2.24) is 10.3 Å². The number of thiazole rings is 1. The average molecular weight is 292 g/mol. The van der Waals surface area contributed by atoms with Gasteiger partial charge < -0.3 is 5.32 Å². The Hall–Kier alpha value is -1.75. The van der Waals surface area contributed by atoms with Gasteiger partial charge in [0.25, 0.3) is 0 Å². The van der Waals surface area contributed by atoms with E-state index in [0.29, 0.717) is 13.0 Å². The van der Waals surface area contributed by atoms with Crippen molar-refractivity contribution in [2.45, 2.75) is 32.7 Å². The third kappa shape index (κ3) is 4.42. The van der Waals surface area contributed by atoms with E-state index in [9.17, 15) is 9.18 Å². The van der Waals surface area contributed by atoms with Crippen LogP contribution in [0.15, 0.2) is 30.5 Å². The van der Waals surface area contributed by atoms with Gasteiger partial charge in [0, 0.05) is 23.9 Å². The van der Waals surface area contributed by atoms with Crippen molar-refractivity contribution in [3.05, 3.63) is 51.7 Å². The first-order valence-electron chi connectivity index (χ1n) is 6.62. The van der Waals surface area contributed by atoms with Crippen LogP contribution >= 0.6 is 11.3 Å². The number of amides is 1. The van der Waals surface area contributed by atoms with Gasteiger partial charge in [-0.15, -0.1) is 11.3 Å². The predicted molar refractivity (Wildman–Crippen MR) is 78.1 cm³/mol. The van der Waals surface area contributed by atoms with E-state index in [1.54, 1.807) is 23.5 Å². The number of rotatable bonds is 6.